The molecule has 2 atom stereocenters. The molecular weight excluding hydrogens is 306 g/mol. The number of nitrogens with two attached hydrogens (primary N) is 1. The van der Waals surface area contributed by atoms with Crippen LogP contribution in [-0.2, 0) is 4.74 Å². The zero-order chi connectivity index (χ0) is 17.7. The van der Waals surface area contributed by atoms with Crippen molar-refractivity contribution in [2.24, 2.45) is 17.1 Å². The fourth-order valence-corrected chi connectivity index (χ4v) is 3.22. The molecule has 0 saturated carbocycles. The van der Waals surface area contributed by atoms with Crippen molar-refractivity contribution in [1.29, 1.82) is 0 Å². The van der Waals surface area contributed by atoms with E-state index in [0.717, 1.165) is 19.4 Å². The predicted octanol–water partition coefficient (Wildman–Crippen LogP) is 2.75. The van der Waals surface area contributed by atoms with Gasteiger partial charge < -0.3 is 21.1 Å². The van der Waals surface area contributed by atoms with Crippen LogP contribution in [-0.4, -0.2) is 31.2 Å². The number of carbonyl (C=O) groups is 2. The first kappa shape index (κ1) is 18.3. The Morgan fingerprint density at radius 2 is 2.08 bits per heavy atom. The molecule has 1 heterocycles. The molecule has 1 aromatic carbocycles. The van der Waals surface area contributed by atoms with Crippen molar-refractivity contribution in [2.75, 3.05) is 18.5 Å². The van der Waals surface area contributed by atoms with Crippen LogP contribution >= 0.6 is 0 Å². The summed E-state index contributed by atoms with van der Waals surface area (Å²) in [7, 11) is 0. The highest BCUT2D eigenvalue weighted by atomic mass is 16.5. The topological polar surface area (TPSA) is 93.4 Å². The Balaban J connectivity index is 1.98. The Morgan fingerprint density at radius 3 is 2.75 bits per heavy atom. The van der Waals surface area contributed by atoms with Crippen LogP contribution in [0, 0.1) is 11.3 Å². The van der Waals surface area contributed by atoms with Gasteiger partial charge in [-0.15, -0.1) is 0 Å². The van der Waals surface area contributed by atoms with Gasteiger partial charge in [-0.3, -0.25) is 4.79 Å². The number of nitrogens with one attached hydrogen (secondary N) is 2. The van der Waals surface area contributed by atoms with Crippen molar-refractivity contribution < 1.29 is 14.3 Å². The molecular formula is C18H27N3O3. The monoisotopic (exact) mass is 333 g/mol. The van der Waals surface area contributed by atoms with Crippen molar-refractivity contribution in [3.63, 3.8) is 0 Å². The predicted molar refractivity (Wildman–Crippen MR) is 93.9 cm³/mol. The van der Waals surface area contributed by atoms with E-state index < -0.39 is 6.03 Å². The van der Waals surface area contributed by atoms with E-state index in [1.807, 2.05) is 0 Å². The maximum Gasteiger partial charge on any atom is 0.316 e. The molecule has 0 aliphatic carbocycles. The van der Waals surface area contributed by atoms with E-state index in [9.17, 15) is 9.59 Å². The van der Waals surface area contributed by atoms with Gasteiger partial charge in [0.1, 0.15) is 0 Å². The lowest BCUT2D eigenvalue weighted by molar-refractivity contribution is -0.0839. The summed E-state index contributed by atoms with van der Waals surface area (Å²) >= 11 is 0. The zero-order valence-corrected chi connectivity index (χ0v) is 14.6. The van der Waals surface area contributed by atoms with E-state index in [0.29, 0.717) is 23.7 Å². The standard InChI is InChI=1S/C18H27N3O3/c1-18(2,3)15-13(7-5-9-24-15)11-20-16(22)12-6-4-8-14(10-12)21-17(19)23/h4,6,8,10,13,15H,5,7,9,11H2,1-3H3,(H,20,22)(H3,19,21,23). The van der Waals surface area contributed by atoms with Crippen LogP contribution in [0.1, 0.15) is 44.0 Å². The SMILES string of the molecule is CC(C)(C)C1OCCCC1CNC(=O)c1cccc(NC(N)=O)c1. The van der Waals surface area contributed by atoms with Crippen LogP contribution in [0.2, 0.25) is 0 Å². The first-order valence-electron chi connectivity index (χ1n) is 8.33. The molecule has 6 heteroatoms. The molecule has 0 spiro atoms. The minimum atomic E-state index is -0.653. The number of amides is 3. The van der Waals surface area contributed by atoms with Gasteiger partial charge in [0, 0.05) is 30.3 Å². The Kier molecular flexibility index (Phi) is 5.83. The van der Waals surface area contributed by atoms with E-state index in [2.05, 4.69) is 31.4 Å². The molecule has 24 heavy (non-hydrogen) atoms. The molecule has 1 aromatic rings. The molecule has 1 fully saturated rings. The Labute approximate surface area is 143 Å². The minimum Gasteiger partial charge on any atom is -0.377 e. The summed E-state index contributed by atoms with van der Waals surface area (Å²) in [6.45, 7) is 7.85. The van der Waals surface area contributed by atoms with Gasteiger partial charge in [0.25, 0.3) is 5.91 Å². The number of anilines is 1. The van der Waals surface area contributed by atoms with Crippen LogP contribution in [0.4, 0.5) is 10.5 Å². The van der Waals surface area contributed by atoms with Gasteiger partial charge in [0.15, 0.2) is 0 Å². The number of urea groups is 1. The van der Waals surface area contributed by atoms with Gasteiger partial charge in [-0.05, 0) is 36.5 Å². The Hall–Kier alpha value is -2.08. The van der Waals surface area contributed by atoms with Crippen LogP contribution in [0.15, 0.2) is 24.3 Å². The van der Waals surface area contributed by atoms with Gasteiger partial charge in [-0.25, -0.2) is 4.79 Å². The van der Waals surface area contributed by atoms with E-state index in [-0.39, 0.29) is 17.4 Å². The third-order valence-corrected chi connectivity index (χ3v) is 4.22. The van der Waals surface area contributed by atoms with E-state index in [4.69, 9.17) is 10.5 Å². The summed E-state index contributed by atoms with van der Waals surface area (Å²) in [6, 6.07) is 6.06. The summed E-state index contributed by atoms with van der Waals surface area (Å²) in [6.07, 6.45) is 2.20. The largest absolute Gasteiger partial charge is 0.377 e. The maximum absolute atomic E-state index is 12.4. The van der Waals surface area contributed by atoms with Crippen molar-refractivity contribution in [2.45, 2.75) is 39.7 Å². The summed E-state index contributed by atoms with van der Waals surface area (Å²) in [5, 5.41) is 5.46. The smallest absolute Gasteiger partial charge is 0.316 e. The van der Waals surface area contributed by atoms with Crippen molar-refractivity contribution in [3.05, 3.63) is 29.8 Å². The highest BCUT2D eigenvalue weighted by molar-refractivity contribution is 5.96. The van der Waals surface area contributed by atoms with E-state index >= 15 is 0 Å². The highest BCUT2D eigenvalue weighted by Crippen LogP contribution is 2.33. The van der Waals surface area contributed by atoms with Crippen LogP contribution in [0.25, 0.3) is 0 Å². The highest BCUT2D eigenvalue weighted by Gasteiger charge is 2.35. The number of hydrogen-bond donors (Lipinski definition) is 3. The van der Waals surface area contributed by atoms with Crippen molar-refractivity contribution in [1.82, 2.24) is 5.32 Å². The Bertz CT molecular complexity index is 595. The second-order valence-electron chi connectivity index (χ2n) is 7.34. The molecule has 6 nitrogen and oxygen atoms in total. The normalized spacial score (nSPS) is 21.1. The molecule has 1 aliphatic rings. The molecule has 3 amide bonds. The number of ether oxygens (including phenoxy) is 1. The van der Waals surface area contributed by atoms with Gasteiger partial charge in [0.2, 0.25) is 0 Å². The first-order chi connectivity index (χ1) is 11.3. The number of rotatable bonds is 4. The van der Waals surface area contributed by atoms with Gasteiger partial charge in [0.05, 0.1) is 6.10 Å². The molecule has 0 radical (unpaired) electrons. The minimum absolute atomic E-state index is 0.0428. The molecule has 1 saturated heterocycles. The number of carbonyl (C=O) groups excluding carboxylic acids is 2. The quantitative estimate of drug-likeness (QED) is 0.791. The fraction of sp³-hybridized carbons (Fsp3) is 0.556. The van der Waals surface area contributed by atoms with E-state index in [1.54, 1.807) is 24.3 Å². The molecule has 2 rings (SSSR count). The first-order valence-corrected chi connectivity index (χ1v) is 8.33. The molecule has 0 bridgehead atoms. The summed E-state index contributed by atoms with van der Waals surface area (Å²) in [5.41, 5.74) is 6.14. The van der Waals surface area contributed by atoms with Crippen molar-refractivity contribution in [3.8, 4) is 0 Å². The average Bonchev–Trinajstić information content (AvgIpc) is 2.51. The number of primary amides is 1. The Morgan fingerprint density at radius 1 is 1.33 bits per heavy atom. The molecule has 132 valence electrons. The molecule has 0 aromatic heterocycles. The number of hydrogen-bond acceptors (Lipinski definition) is 3. The van der Waals surface area contributed by atoms with Crippen LogP contribution in [0.5, 0.6) is 0 Å². The van der Waals surface area contributed by atoms with Gasteiger partial charge in [-0.2, -0.15) is 0 Å². The molecule has 1 aliphatic heterocycles. The van der Waals surface area contributed by atoms with Crippen LogP contribution < -0.4 is 16.4 Å². The lowest BCUT2D eigenvalue weighted by Crippen LogP contribution is -2.45. The molecule has 4 N–H and O–H groups in total. The van der Waals surface area contributed by atoms with Crippen LogP contribution in [0.3, 0.4) is 0 Å². The number of benzene rings is 1. The third kappa shape index (κ3) is 4.96. The fourth-order valence-electron chi connectivity index (χ4n) is 3.22. The lowest BCUT2D eigenvalue weighted by atomic mass is 9.78. The lowest BCUT2D eigenvalue weighted by Gasteiger charge is -2.40. The zero-order valence-electron chi connectivity index (χ0n) is 14.6. The second-order valence-corrected chi connectivity index (χ2v) is 7.34. The van der Waals surface area contributed by atoms with Gasteiger partial charge in [-0.1, -0.05) is 26.8 Å². The maximum atomic E-state index is 12.4. The van der Waals surface area contributed by atoms with Gasteiger partial charge >= 0.3 is 6.03 Å². The summed E-state index contributed by atoms with van der Waals surface area (Å²) < 4.78 is 5.94. The molecule has 2 unspecified atom stereocenters. The van der Waals surface area contributed by atoms with Crippen molar-refractivity contribution >= 4 is 17.6 Å². The second kappa shape index (κ2) is 7.66. The van der Waals surface area contributed by atoms with E-state index in [1.165, 1.54) is 0 Å². The summed E-state index contributed by atoms with van der Waals surface area (Å²) in [5.74, 6) is 0.135. The summed E-state index contributed by atoms with van der Waals surface area (Å²) in [4.78, 5) is 23.3. The third-order valence-electron chi connectivity index (χ3n) is 4.22. The average molecular weight is 333 g/mol.